The Hall–Kier alpha value is -2.10. The summed E-state index contributed by atoms with van der Waals surface area (Å²) in [6.07, 6.45) is 45.1. The number of aliphatic carboxylic acids is 1. The first-order valence-electron chi connectivity index (χ1n) is 22.1. The maximum atomic E-state index is 12.0. The number of carbonyl (C=O) groups is 2. The molecule has 0 bridgehead atoms. The van der Waals surface area contributed by atoms with E-state index >= 15 is 0 Å². The van der Waals surface area contributed by atoms with Crippen molar-refractivity contribution in [2.45, 2.75) is 241 Å². The Morgan fingerprint density at radius 1 is 0.423 bits per heavy atom. The van der Waals surface area contributed by atoms with Gasteiger partial charge in [-0.1, -0.05) is 183 Å². The Labute approximate surface area is 324 Å². The third kappa shape index (κ3) is 45.9. The zero-order chi connectivity index (χ0) is 38.9. The van der Waals surface area contributed by atoms with E-state index in [-0.39, 0.29) is 5.97 Å². The van der Waals surface area contributed by atoms with Crippen LogP contribution >= 0.6 is 0 Å². The Morgan fingerprint density at radius 3 is 1.12 bits per heavy atom. The summed E-state index contributed by atoms with van der Waals surface area (Å²) < 4.78 is 5.41. The highest BCUT2D eigenvalue weighted by atomic mass is 16.5. The van der Waals surface area contributed by atoms with E-state index in [1.165, 1.54) is 144 Å². The van der Waals surface area contributed by atoms with Gasteiger partial charge in [-0.25, -0.2) is 0 Å². The Kier molecular flexibility index (Phi) is 41.7. The molecule has 1 N–H and O–H groups in total. The molecule has 4 nitrogen and oxygen atoms in total. The molecule has 0 fully saturated rings. The molecule has 0 aromatic heterocycles. The number of ether oxygens (including phenoxy) is 1. The van der Waals surface area contributed by atoms with Crippen LogP contribution in [0.25, 0.3) is 0 Å². The molecular weight excluding hydrogens is 641 g/mol. The van der Waals surface area contributed by atoms with Crippen molar-refractivity contribution in [3.8, 4) is 0 Å². The smallest absolute Gasteiger partial charge is 0.306 e. The molecule has 4 heteroatoms. The van der Waals surface area contributed by atoms with Gasteiger partial charge in [-0.3, -0.25) is 9.59 Å². The number of carboxylic acid groups (broad SMARTS) is 1. The molecule has 304 valence electrons. The predicted octanol–water partition coefficient (Wildman–Crippen LogP) is 16.1. The van der Waals surface area contributed by atoms with Crippen LogP contribution in [-0.4, -0.2) is 23.7 Å². The highest BCUT2D eigenvalue weighted by Crippen LogP contribution is 2.15. The Bertz CT molecular complexity index is 934. The van der Waals surface area contributed by atoms with Crippen LogP contribution in [0.3, 0.4) is 0 Å². The van der Waals surface area contributed by atoms with Crippen molar-refractivity contribution >= 4 is 11.9 Å². The topological polar surface area (TPSA) is 63.6 Å². The number of rotatable bonds is 35. The Morgan fingerprint density at radius 2 is 0.750 bits per heavy atom. The lowest BCUT2D eigenvalue weighted by Crippen LogP contribution is -2.04. The normalized spacial score (nSPS) is 12.0. The lowest BCUT2D eigenvalue weighted by molar-refractivity contribution is -0.142. The largest absolute Gasteiger partial charge is 0.481 e. The fraction of sp³-hybridized carbons (Fsp3) is 0.792. The van der Waals surface area contributed by atoms with Crippen LogP contribution in [0, 0.1) is 0 Å². The van der Waals surface area contributed by atoms with Crippen LogP contribution in [0.15, 0.2) is 46.6 Å². The molecular formula is C48H88O4. The molecule has 0 unspecified atom stereocenters. The summed E-state index contributed by atoms with van der Waals surface area (Å²) >= 11 is 0. The van der Waals surface area contributed by atoms with E-state index in [4.69, 9.17) is 9.84 Å². The third-order valence-corrected chi connectivity index (χ3v) is 9.81. The van der Waals surface area contributed by atoms with Crippen LogP contribution in [-0.2, 0) is 14.3 Å². The van der Waals surface area contributed by atoms with E-state index in [2.05, 4.69) is 72.8 Å². The van der Waals surface area contributed by atoms with Crippen LogP contribution in [0.1, 0.15) is 241 Å². The van der Waals surface area contributed by atoms with Crippen molar-refractivity contribution in [2.75, 3.05) is 6.61 Å². The molecule has 0 saturated heterocycles. The number of hydrogen-bond donors (Lipinski definition) is 1. The van der Waals surface area contributed by atoms with Crippen molar-refractivity contribution in [3.05, 3.63) is 46.6 Å². The minimum atomic E-state index is -0.657. The van der Waals surface area contributed by atoms with Gasteiger partial charge < -0.3 is 9.84 Å². The third-order valence-electron chi connectivity index (χ3n) is 9.81. The first kappa shape index (κ1) is 52.0. The first-order chi connectivity index (χ1) is 25.1. The summed E-state index contributed by atoms with van der Waals surface area (Å²) in [6.45, 7) is 15.9. The monoisotopic (exact) mass is 729 g/mol. The molecule has 0 heterocycles. The van der Waals surface area contributed by atoms with E-state index in [1.54, 1.807) is 0 Å². The molecule has 0 saturated carbocycles. The summed E-state index contributed by atoms with van der Waals surface area (Å²) in [5.74, 6) is -0.703. The number of unbranched alkanes of at least 4 members (excludes halogenated alkanes) is 20. The molecule has 0 atom stereocenters. The standard InChI is InChI=1S/C34H60O2.C14H28O2/c1-7-8-9-10-11-12-13-14-15-16-17-27-34(35)36-29-28-33(6)26-20-25-32(5)24-19-23-31(4)22-18-21-30(2)3;1-2-3-4-5-6-7-8-9-10-11-12-13-14(15)16/h21,23,25,28H,7-20,22,24,26-27,29H2,1-6H3;2-13H2,1H3,(H,15,16). The van der Waals surface area contributed by atoms with Crippen molar-refractivity contribution in [1.82, 2.24) is 0 Å². The highest BCUT2D eigenvalue weighted by Gasteiger charge is 2.02. The quantitative estimate of drug-likeness (QED) is 0.0401. The van der Waals surface area contributed by atoms with Gasteiger partial charge in [-0.05, 0) is 92.1 Å². The van der Waals surface area contributed by atoms with Crippen LogP contribution in [0.5, 0.6) is 0 Å². The molecule has 0 aliphatic rings. The van der Waals surface area contributed by atoms with Gasteiger partial charge >= 0.3 is 11.9 Å². The van der Waals surface area contributed by atoms with Crippen molar-refractivity contribution < 1.29 is 19.4 Å². The number of hydrogen-bond acceptors (Lipinski definition) is 3. The van der Waals surface area contributed by atoms with E-state index in [1.807, 2.05) is 0 Å². The molecule has 52 heavy (non-hydrogen) atoms. The van der Waals surface area contributed by atoms with Gasteiger partial charge in [0, 0.05) is 12.8 Å². The average Bonchev–Trinajstić information content (AvgIpc) is 3.09. The van der Waals surface area contributed by atoms with E-state index in [9.17, 15) is 9.59 Å². The van der Waals surface area contributed by atoms with Crippen molar-refractivity contribution in [3.63, 3.8) is 0 Å². The summed E-state index contributed by atoms with van der Waals surface area (Å²) in [6, 6.07) is 0. The summed E-state index contributed by atoms with van der Waals surface area (Å²) in [4.78, 5) is 22.2. The molecule has 0 radical (unpaired) electrons. The number of esters is 1. The highest BCUT2D eigenvalue weighted by molar-refractivity contribution is 5.69. The molecule has 0 aromatic rings. The Balaban J connectivity index is 0. The van der Waals surface area contributed by atoms with Gasteiger partial charge in [-0.2, -0.15) is 0 Å². The number of carboxylic acids is 1. The van der Waals surface area contributed by atoms with Gasteiger partial charge in [0.05, 0.1) is 0 Å². The summed E-state index contributed by atoms with van der Waals surface area (Å²) in [7, 11) is 0. The minimum Gasteiger partial charge on any atom is -0.481 e. The maximum Gasteiger partial charge on any atom is 0.306 e. The van der Waals surface area contributed by atoms with Crippen LogP contribution in [0.2, 0.25) is 0 Å². The summed E-state index contributed by atoms with van der Waals surface area (Å²) in [5.41, 5.74) is 5.67. The maximum absolute atomic E-state index is 12.0. The summed E-state index contributed by atoms with van der Waals surface area (Å²) in [5, 5.41) is 8.46. The minimum absolute atomic E-state index is 0.0464. The zero-order valence-corrected chi connectivity index (χ0v) is 35.9. The van der Waals surface area contributed by atoms with E-state index in [0.29, 0.717) is 19.4 Å². The van der Waals surface area contributed by atoms with Crippen LogP contribution < -0.4 is 0 Å². The lowest BCUT2D eigenvalue weighted by atomic mass is 10.0. The number of allylic oxidation sites excluding steroid dienone is 7. The average molecular weight is 729 g/mol. The molecule has 0 aliphatic heterocycles. The fourth-order valence-electron chi connectivity index (χ4n) is 6.21. The van der Waals surface area contributed by atoms with E-state index < -0.39 is 5.97 Å². The second kappa shape index (κ2) is 41.7. The van der Waals surface area contributed by atoms with Gasteiger partial charge in [-0.15, -0.1) is 0 Å². The van der Waals surface area contributed by atoms with Crippen LogP contribution in [0.4, 0.5) is 0 Å². The van der Waals surface area contributed by atoms with Gasteiger partial charge in [0.15, 0.2) is 0 Å². The molecule has 0 amide bonds. The second-order valence-electron chi connectivity index (χ2n) is 15.7. The molecule has 0 aromatic carbocycles. The fourth-order valence-corrected chi connectivity index (χ4v) is 6.21. The van der Waals surface area contributed by atoms with Gasteiger partial charge in [0.1, 0.15) is 6.61 Å². The predicted molar refractivity (Wildman–Crippen MR) is 229 cm³/mol. The van der Waals surface area contributed by atoms with Gasteiger partial charge in [0.2, 0.25) is 0 Å². The SMILES string of the molecule is CCCCCCCCCCCCCC(=O)O.CCCCCCCCCCCCCC(=O)OCC=C(C)CCC=C(C)CCC=C(C)CCC=C(C)C. The first-order valence-corrected chi connectivity index (χ1v) is 22.1. The van der Waals surface area contributed by atoms with E-state index in [0.717, 1.165) is 57.8 Å². The molecule has 0 aliphatic carbocycles. The molecule has 0 spiro atoms. The molecule has 0 rings (SSSR count). The van der Waals surface area contributed by atoms with Crippen molar-refractivity contribution in [1.29, 1.82) is 0 Å². The second-order valence-corrected chi connectivity index (χ2v) is 15.7. The van der Waals surface area contributed by atoms with Gasteiger partial charge in [0.25, 0.3) is 0 Å². The van der Waals surface area contributed by atoms with Crippen molar-refractivity contribution in [2.24, 2.45) is 0 Å². The lowest BCUT2D eigenvalue weighted by Gasteiger charge is -2.05. The number of carbonyl (C=O) groups excluding carboxylic acids is 1. The zero-order valence-electron chi connectivity index (χ0n) is 35.9.